The minimum Gasteiger partial charge on any atom is -0.390 e. The van der Waals surface area contributed by atoms with Gasteiger partial charge in [0.2, 0.25) is 0 Å². The SMILES string of the molecule is CNCCNC=Cc1cccc(C)c1. The molecule has 0 heterocycles. The molecule has 0 bridgehead atoms. The standard InChI is InChI=1S/C12H18N2/c1-11-4-3-5-12(10-11)6-7-14-9-8-13-2/h3-7,10,13-14H,8-9H2,1-2H3. The molecule has 0 amide bonds. The zero-order chi connectivity index (χ0) is 10.2. The summed E-state index contributed by atoms with van der Waals surface area (Å²) in [6, 6.07) is 8.44. The molecule has 14 heavy (non-hydrogen) atoms. The molecule has 0 atom stereocenters. The number of nitrogens with one attached hydrogen (secondary N) is 2. The Morgan fingerprint density at radius 3 is 2.86 bits per heavy atom. The van der Waals surface area contributed by atoms with Crippen molar-refractivity contribution < 1.29 is 0 Å². The van der Waals surface area contributed by atoms with Gasteiger partial charge in [-0.15, -0.1) is 0 Å². The predicted molar refractivity (Wildman–Crippen MR) is 62.1 cm³/mol. The van der Waals surface area contributed by atoms with Crippen LogP contribution in [0.1, 0.15) is 11.1 Å². The summed E-state index contributed by atoms with van der Waals surface area (Å²) in [6.07, 6.45) is 4.08. The van der Waals surface area contributed by atoms with Gasteiger partial charge >= 0.3 is 0 Å². The van der Waals surface area contributed by atoms with Gasteiger partial charge in [0, 0.05) is 13.1 Å². The summed E-state index contributed by atoms with van der Waals surface area (Å²) in [5.74, 6) is 0. The van der Waals surface area contributed by atoms with Crippen LogP contribution in [0, 0.1) is 6.92 Å². The van der Waals surface area contributed by atoms with Crippen LogP contribution in [0.15, 0.2) is 30.5 Å². The monoisotopic (exact) mass is 190 g/mol. The average molecular weight is 190 g/mol. The molecule has 2 heteroatoms. The van der Waals surface area contributed by atoms with E-state index in [9.17, 15) is 0 Å². The number of hydrogen-bond donors (Lipinski definition) is 2. The molecule has 0 radical (unpaired) electrons. The van der Waals surface area contributed by atoms with Crippen LogP contribution in [-0.4, -0.2) is 20.1 Å². The Morgan fingerprint density at radius 2 is 2.14 bits per heavy atom. The van der Waals surface area contributed by atoms with Crippen molar-refractivity contribution in [3.8, 4) is 0 Å². The molecular formula is C12H18N2. The first-order valence-corrected chi connectivity index (χ1v) is 4.94. The van der Waals surface area contributed by atoms with E-state index in [-0.39, 0.29) is 0 Å². The number of likely N-dealkylation sites (N-methyl/N-ethyl adjacent to an activating group) is 1. The Hall–Kier alpha value is -1.28. The van der Waals surface area contributed by atoms with Gasteiger partial charge in [-0.25, -0.2) is 0 Å². The number of rotatable bonds is 5. The lowest BCUT2D eigenvalue weighted by Gasteiger charge is -1.99. The van der Waals surface area contributed by atoms with Gasteiger partial charge in [0.25, 0.3) is 0 Å². The van der Waals surface area contributed by atoms with E-state index in [1.165, 1.54) is 11.1 Å². The highest BCUT2D eigenvalue weighted by Crippen LogP contribution is 2.04. The minimum absolute atomic E-state index is 0.957. The summed E-state index contributed by atoms with van der Waals surface area (Å²) in [6.45, 7) is 4.04. The molecule has 0 aliphatic heterocycles. The van der Waals surface area contributed by atoms with Crippen LogP contribution >= 0.6 is 0 Å². The Labute approximate surface area is 86.0 Å². The highest BCUT2D eigenvalue weighted by atomic mass is 14.9. The topological polar surface area (TPSA) is 24.1 Å². The van der Waals surface area contributed by atoms with Crippen molar-refractivity contribution in [2.24, 2.45) is 0 Å². The van der Waals surface area contributed by atoms with E-state index in [0.717, 1.165) is 13.1 Å². The summed E-state index contributed by atoms with van der Waals surface area (Å²) in [5.41, 5.74) is 2.53. The van der Waals surface area contributed by atoms with Crippen molar-refractivity contribution in [2.75, 3.05) is 20.1 Å². The van der Waals surface area contributed by atoms with Crippen LogP contribution in [0.3, 0.4) is 0 Å². The second-order valence-corrected chi connectivity index (χ2v) is 3.31. The Kier molecular flexibility index (Phi) is 4.79. The third kappa shape index (κ3) is 4.10. The Bertz CT molecular complexity index is 292. The van der Waals surface area contributed by atoms with Gasteiger partial charge in [0.1, 0.15) is 0 Å². The lowest BCUT2D eigenvalue weighted by molar-refractivity contribution is 0.741. The highest BCUT2D eigenvalue weighted by Gasteiger charge is 1.86. The minimum atomic E-state index is 0.957. The van der Waals surface area contributed by atoms with Gasteiger partial charge in [0.05, 0.1) is 0 Å². The fourth-order valence-corrected chi connectivity index (χ4v) is 1.21. The average Bonchev–Trinajstić information content (AvgIpc) is 2.18. The summed E-state index contributed by atoms with van der Waals surface area (Å²) < 4.78 is 0. The van der Waals surface area contributed by atoms with Crippen molar-refractivity contribution in [3.63, 3.8) is 0 Å². The second-order valence-electron chi connectivity index (χ2n) is 3.31. The van der Waals surface area contributed by atoms with Gasteiger partial charge in [0.15, 0.2) is 0 Å². The van der Waals surface area contributed by atoms with Crippen LogP contribution in [-0.2, 0) is 0 Å². The van der Waals surface area contributed by atoms with Crippen molar-refractivity contribution >= 4 is 6.08 Å². The van der Waals surface area contributed by atoms with Crippen LogP contribution in [0.5, 0.6) is 0 Å². The highest BCUT2D eigenvalue weighted by molar-refractivity contribution is 5.49. The molecule has 1 rings (SSSR count). The van der Waals surface area contributed by atoms with Gasteiger partial charge in [-0.2, -0.15) is 0 Å². The molecular weight excluding hydrogens is 172 g/mol. The van der Waals surface area contributed by atoms with Gasteiger partial charge in [-0.1, -0.05) is 29.8 Å². The largest absolute Gasteiger partial charge is 0.390 e. The molecule has 1 aromatic carbocycles. The van der Waals surface area contributed by atoms with Gasteiger partial charge in [-0.05, 0) is 31.8 Å². The van der Waals surface area contributed by atoms with E-state index in [1.54, 1.807) is 0 Å². The van der Waals surface area contributed by atoms with Gasteiger partial charge < -0.3 is 10.6 Å². The third-order valence-corrected chi connectivity index (χ3v) is 1.96. The number of benzene rings is 1. The normalized spacial score (nSPS) is 10.7. The molecule has 76 valence electrons. The fourth-order valence-electron chi connectivity index (χ4n) is 1.21. The second kappa shape index (κ2) is 6.22. The molecule has 2 nitrogen and oxygen atoms in total. The molecule has 0 saturated heterocycles. The van der Waals surface area contributed by atoms with E-state index in [0.29, 0.717) is 0 Å². The molecule has 0 fully saturated rings. The van der Waals surface area contributed by atoms with Crippen molar-refractivity contribution in [2.45, 2.75) is 6.92 Å². The summed E-state index contributed by atoms with van der Waals surface area (Å²) in [5, 5.41) is 6.29. The van der Waals surface area contributed by atoms with Crippen LogP contribution < -0.4 is 10.6 Å². The fraction of sp³-hybridized carbons (Fsp3) is 0.333. The van der Waals surface area contributed by atoms with Gasteiger partial charge in [-0.3, -0.25) is 0 Å². The summed E-state index contributed by atoms with van der Waals surface area (Å²) >= 11 is 0. The maximum Gasteiger partial charge on any atom is 0.0266 e. The molecule has 0 saturated carbocycles. The molecule has 0 unspecified atom stereocenters. The number of hydrogen-bond acceptors (Lipinski definition) is 2. The van der Waals surface area contributed by atoms with E-state index in [4.69, 9.17) is 0 Å². The van der Waals surface area contributed by atoms with Crippen molar-refractivity contribution in [1.29, 1.82) is 0 Å². The maximum absolute atomic E-state index is 3.21. The number of aryl methyl sites for hydroxylation is 1. The molecule has 0 aromatic heterocycles. The van der Waals surface area contributed by atoms with E-state index in [2.05, 4.69) is 47.9 Å². The van der Waals surface area contributed by atoms with E-state index in [1.807, 2.05) is 13.2 Å². The summed E-state index contributed by atoms with van der Waals surface area (Å²) in [4.78, 5) is 0. The zero-order valence-electron chi connectivity index (χ0n) is 8.88. The first-order chi connectivity index (χ1) is 6.83. The molecule has 0 aliphatic carbocycles. The first-order valence-electron chi connectivity index (χ1n) is 4.94. The lowest BCUT2D eigenvalue weighted by Crippen LogP contribution is -2.20. The Balaban J connectivity index is 2.36. The quantitative estimate of drug-likeness (QED) is 0.692. The molecule has 0 spiro atoms. The molecule has 2 N–H and O–H groups in total. The van der Waals surface area contributed by atoms with Crippen LogP contribution in [0.2, 0.25) is 0 Å². The summed E-state index contributed by atoms with van der Waals surface area (Å²) in [7, 11) is 1.95. The van der Waals surface area contributed by atoms with Crippen molar-refractivity contribution in [3.05, 3.63) is 41.6 Å². The van der Waals surface area contributed by atoms with E-state index >= 15 is 0 Å². The third-order valence-electron chi connectivity index (χ3n) is 1.96. The lowest BCUT2D eigenvalue weighted by atomic mass is 10.1. The molecule has 0 aliphatic rings. The Morgan fingerprint density at radius 1 is 1.29 bits per heavy atom. The van der Waals surface area contributed by atoms with Crippen LogP contribution in [0.4, 0.5) is 0 Å². The maximum atomic E-state index is 3.21. The van der Waals surface area contributed by atoms with Crippen molar-refractivity contribution in [1.82, 2.24) is 10.6 Å². The van der Waals surface area contributed by atoms with Crippen LogP contribution in [0.25, 0.3) is 6.08 Å². The zero-order valence-corrected chi connectivity index (χ0v) is 8.88. The first kappa shape index (κ1) is 10.8. The van der Waals surface area contributed by atoms with E-state index < -0.39 is 0 Å². The smallest absolute Gasteiger partial charge is 0.0266 e. The predicted octanol–water partition coefficient (Wildman–Crippen LogP) is 1.77. The molecule has 1 aromatic rings.